The van der Waals surface area contributed by atoms with Crippen molar-refractivity contribution in [2.24, 2.45) is 0 Å². The number of carbonyl (C=O) groups excluding carboxylic acids is 1. The molecule has 2 heterocycles. The summed E-state index contributed by atoms with van der Waals surface area (Å²) in [4.78, 5) is 21.4. The molecule has 0 spiro atoms. The van der Waals surface area contributed by atoms with Crippen LogP contribution in [-0.2, 0) is 14.5 Å². The highest BCUT2D eigenvalue weighted by atomic mass is 17.0. The first-order valence-corrected chi connectivity index (χ1v) is 4.72. The minimum absolute atomic E-state index is 0.135. The third kappa shape index (κ3) is 2.21. The predicted octanol–water partition coefficient (Wildman–Crippen LogP) is -0.786. The molecule has 0 radical (unpaired) electrons. The second kappa shape index (κ2) is 4.08. The second-order valence-electron chi connectivity index (χ2n) is 3.30. The third-order valence-corrected chi connectivity index (χ3v) is 2.26. The fourth-order valence-corrected chi connectivity index (χ4v) is 1.55. The van der Waals surface area contributed by atoms with E-state index in [2.05, 4.69) is 5.32 Å². The second-order valence-corrected chi connectivity index (χ2v) is 3.30. The van der Waals surface area contributed by atoms with Crippen LogP contribution in [0.25, 0.3) is 0 Å². The molecule has 2 fully saturated rings. The normalized spacial score (nSPS) is 28.8. The van der Waals surface area contributed by atoms with Gasteiger partial charge in [-0.05, 0) is 25.7 Å². The van der Waals surface area contributed by atoms with Gasteiger partial charge in [-0.15, -0.1) is 0 Å². The van der Waals surface area contributed by atoms with Gasteiger partial charge in [-0.2, -0.15) is 0 Å². The summed E-state index contributed by atoms with van der Waals surface area (Å²) in [6, 6.07) is -0.135. The van der Waals surface area contributed by atoms with Crippen LogP contribution >= 0.6 is 0 Å². The van der Waals surface area contributed by atoms with Crippen molar-refractivity contribution in [3.05, 3.63) is 0 Å². The molecule has 0 amide bonds. The Morgan fingerprint density at radius 3 is 3.23 bits per heavy atom. The van der Waals surface area contributed by atoms with Crippen molar-refractivity contribution in [3.63, 3.8) is 0 Å². The zero-order valence-corrected chi connectivity index (χ0v) is 7.49. The molecular weight excluding hydrogens is 171 g/mol. The SMILES string of the molecule is O=C(ON1BCCO1)[C@@H]1CCCN1. The van der Waals surface area contributed by atoms with E-state index in [1.807, 2.05) is 0 Å². The van der Waals surface area contributed by atoms with Gasteiger partial charge in [0, 0.05) is 0 Å². The summed E-state index contributed by atoms with van der Waals surface area (Å²) in [5.41, 5.74) is 0. The van der Waals surface area contributed by atoms with Gasteiger partial charge >= 0.3 is 5.97 Å². The van der Waals surface area contributed by atoms with Crippen LogP contribution in [0.4, 0.5) is 0 Å². The van der Waals surface area contributed by atoms with E-state index in [9.17, 15) is 4.79 Å². The van der Waals surface area contributed by atoms with E-state index in [4.69, 9.17) is 9.68 Å². The summed E-state index contributed by atoms with van der Waals surface area (Å²) < 4.78 is 0. The number of rotatable bonds is 2. The van der Waals surface area contributed by atoms with Crippen LogP contribution in [0.2, 0.25) is 6.32 Å². The van der Waals surface area contributed by atoms with E-state index in [-0.39, 0.29) is 12.0 Å². The van der Waals surface area contributed by atoms with Gasteiger partial charge in [0.2, 0.25) is 0 Å². The maximum atomic E-state index is 11.4. The Kier molecular flexibility index (Phi) is 2.82. The Bertz CT molecular complexity index is 190. The van der Waals surface area contributed by atoms with Crippen LogP contribution in [0.15, 0.2) is 0 Å². The number of nitrogens with one attached hydrogen (secondary N) is 1. The highest BCUT2D eigenvalue weighted by molar-refractivity contribution is 6.31. The Balaban J connectivity index is 1.76. The average Bonchev–Trinajstić information content (AvgIpc) is 2.74. The fourth-order valence-electron chi connectivity index (χ4n) is 1.55. The first-order chi connectivity index (χ1) is 6.36. The molecule has 0 aromatic rings. The molecule has 13 heavy (non-hydrogen) atoms. The molecule has 0 bridgehead atoms. The summed E-state index contributed by atoms with van der Waals surface area (Å²) in [6.07, 6.45) is 2.83. The Morgan fingerprint density at radius 2 is 2.62 bits per heavy atom. The Labute approximate surface area is 77.5 Å². The van der Waals surface area contributed by atoms with Crippen LogP contribution < -0.4 is 5.32 Å². The molecule has 0 aliphatic carbocycles. The fraction of sp³-hybridized carbons (Fsp3) is 0.857. The van der Waals surface area contributed by atoms with Gasteiger partial charge in [0.25, 0.3) is 7.41 Å². The Morgan fingerprint density at radius 1 is 1.69 bits per heavy atom. The van der Waals surface area contributed by atoms with Crippen LogP contribution in [0.1, 0.15) is 12.8 Å². The molecule has 2 aliphatic rings. The molecule has 0 aromatic heterocycles. The van der Waals surface area contributed by atoms with E-state index in [1.165, 1.54) is 5.14 Å². The summed E-state index contributed by atoms with van der Waals surface area (Å²) in [6.45, 7) is 1.55. The molecule has 2 rings (SSSR count). The topological polar surface area (TPSA) is 50.8 Å². The summed E-state index contributed by atoms with van der Waals surface area (Å²) in [7, 11) is 0.679. The molecule has 72 valence electrons. The molecule has 6 heteroatoms. The maximum Gasteiger partial charge on any atom is 0.343 e. The first kappa shape index (κ1) is 8.99. The van der Waals surface area contributed by atoms with Gasteiger partial charge in [-0.25, -0.2) is 4.79 Å². The molecular formula is C7H13BN2O3. The number of carbonyl (C=O) groups is 1. The quantitative estimate of drug-likeness (QED) is 0.570. The van der Waals surface area contributed by atoms with Crippen LogP contribution in [0, 0.1) is 0 Å². The molecule has 0 saturated carbocycles. The molecule has 5 nitrogen and oxygen atoms in total. The van der Waals surface area contributed by atoms with Crippen molar-refractivity contribution in [2.45, 2.75) is 25.2 Å². The molecule has 2 saturated heterocycles. The van der Waals surface area contributed by atoms with Crippen molar-refractivity contribution in [3.8, 4) is 0 Å². The predicted molar refractivity (Wildman–Crippen MR) is 46.9 cm³/mol. The van der Waals surface area contributed by atoms with Gasteiger partial charge in [0.05, 0.1) is 6.61 Å². The Hall–Kier alpha value is -0.585. The van der Waals surface area contributed by atoms with Gasteiger partial charge < -0.3 is 10.2 Å². The highest BCUT2D eigenvalue weighted by Crippen LogP contribution is 2.10. The first-order valence-electron chi connectivity index (χ1n) is 4.72. The lowest BCUT2D eigenvalue weighted by Gasteiger charge is -2.16. The zero-order valence-electron chi connectivity index (χ0n) is 7.49. The van der Waals surface area contributed by atoms with Crippen molar-refractivity contribution in [1.82, 2.24) is 10.5 Å². The van der Waals surface area contributed by atoms with Crippen molar-refractivity contribution < 1.29 is 14.5 Å². The molecule has 1 atom stereocenters. The lowest BCUT2D eigenvalue weighted by molar-refractivity contribution is -0.276. The monoisotopic (exact) mass is 184 g/mol. The van der Waals surface area contributed by atoms with Gasteiger partial charge in [-0.1, -0.05) is 5.14 Å². The number of nitrogens with zero attached hydrogens (tertiary/aromatic N) is 1. The summed E-state index contributed by atoms with van der Waals surface area (Å²) >= 11 is 0. The maximum absolute atomic E-state index is 11.4. The highest BCUT2D eigenvalue weighted by Gasteiger charge is 2.27. The third-order valence-electron chi connectivity index (χ3n) is 2.26. The molecule has 1 N–H and O–H groups in total. The number of hydrogen-bond donors (Lipinski definition) is 1. The van der Waals surface area contributed by atoms with Crippen LogP contribution in [-0.4, -0.2) is 37.7 Å². The van der Waals surface area contributed by atoms with E-state index in [0.717, 1.165) is 25.7 Å². The smallest absolute Gasteiger partial charge is 0.343 e. The molecule has 0 unspecified atom stereocenters. The van der Waals surface area contributed by atoms with Crippen molar-refractivity contribution in [2.75, 3.05) is 13.2 Å². The van der Waals surface area contributed by atoms with Gasteiger partial charge in [-0.3, -0.25) is 4.84 Å². The number of hydrogen-bond acceptors (Lipinski definition) is 5. The summed E-state index contributed by atoms with van der Waals surface area (Å²) in [5.74, 6) is -0.223. The van der Waals surface area contributed by atoms with Crippen molar-refractivity contribution in [1.29, 1.82) is 0 Å². The van der Waals surface area contributed by atoms with E-state index in [1.54, 1.807) is 0 Å². The molecule has 0 aromatic carbocycles. The standard InChI is InChI=1S/C7H13BN2O3/c11-7(6-2-1-4-9-6)13-10-8-3-5-12-10/h6,8-9H,1-5H2/t6-/m0/s1. The lowest BCUT2D eigenvalue weighted by atomic mass is 9.93. The van der Waals surface area contributed by atoms with Gasteiger partial charge in [0.15, 0.2) is 0 Å². The largest absolute Gasteiger partial charge is 0.354 e. The van der Waals surface area contributed by atoms with E-state index in [0.29, 0.717) is 14.0 Å². The van der Waals surface area contributed by atoms with E-state index >= 15 is 0 Å². The minimum Gasteiger partial charge on any atom is -0.354 e. The minimum atomic E-state index is -0.223. The van der Waals surface area contributed by atoms with Crippen molar-refractivity contribution >= 4 is 13.4 Å². The van der Waals surface area contributed by atoms with Crippen LogP contribution in [0.3, 0.4) is 0 Å². The van der Waals surface area contributed by atoms with Gasteiger partial charge in [0.1, 0.15) is 6.04 Å². The molecule has 2 aliphatic heterocycles. The zero-order chi connectivity index (χ0) is 9.10. The average molecular weight is 184 g/mol. The van der Waals surface area contributed by atoms with E-state index < -0.39 is 0 Å². The summed E-state index contributed by atoms with van der Waals surface area (Å²) in [5, 5.41) is 4.35. The lowest BCUT2D eigenvalue weighted by Crippen LogP contribution is -2.37. The van der Waals surface area contributed by atoms with Crippen LogP contribution in [0.5, 0.6) is 0 Å².